The van der Waals surface area contributed by atoms with Gasteiger partial charge in [0.1, 0.15) is 11.5 Å². The summed E-state index contributed by atoms with van der Waals surface area (Å²) in [4.78, 5) is 2.50. The van der Waals surface area contributed by atoms with Gasteiger partial charge in [-0.25, -0.2) is 0 Å². The zero-order valence-corrected chi connectivity index (χ0v) is 17.4. The van der Waals surface area contributed by atoms with Crippen LogP contribution >= 0.6 is 0 Å². The average molecular weight is 392 g/mol. The molecule has 1 N–H and O–H groups in total. The van der Waals surface area contributed by atoms with Crippen LogP contribution in [0.3, 0.4) is 0 Å². The maximum Gasteiger partial charge on any atom is 0.127 e. The number of nitrogens with zero attached hydrogens (tertiary/aromatic N) is 2. The monoisotopic (exact) mass is 391 g/mol. The van der Waals surface area contributed by atoms with Gasteiger partial charge in [0.25, 0.3) is 0 Å². The molecule has 1 aliphatic heterocycles. The maximum atomic E-state index is 5.59. The van der Waals surface area contributed by atoms with Crippen molar-refractivity contribution in [3.8, 4) is 22.6 Å². The molecular weight excluding hydrogens is 362 g/mol. The van der Waals surface area contributed by atoms with E-state index in [1.165, 1.54) is 28.8 Å². The Labute approximate surface area is 172 Å². The number of rotatable bonds is 6. The summed E-state index contributed by atoms with van der Waals surface area (Å²) in [5.74, 6) is 2.20. The number of hydrogen-bond donors (Lipinski definition) is 1. The number of aromatic amines is 1. The lowest BCUT2D eigenvalue weighted by atomic mass is 9.90. The van der Waals surface area contributed by atoms with Crippen molar-refractivity contribution in [2.45, 2.75) is 32.2 Å². The summed E-state index contributed by atoms with van der Waals surface area (Å²) in [6, 6.07) is 14.6. The topological polar surface area (TPSA) is 50.4 Å². The van der Waals surface area contributed by atoms with Gasteiger partial charge in [0, 0.05) is 30.3 Å². The normalized spacial score (nSPS) is 17.3. The number of methoxy groups -OCH3 is 2. The summed E-state index contributed by atoms with van der Waals surface area (Å²) in [6.45, 7) is 5.01. The van der Waals surface area contributed by atoms with Crippen LogP contribution in [0.4, 0.5) is 0 Å². The second-order valence-corrected chi connectivity index (χ2v) is 7.78. The van der Waals surface area contributed by atoms with Gasteiger partial charge in [0.05, 0.1) is 26.0 Å². The third-order valence-corrected chi connectivity index (χ3v) is 5.82. The first-order valence-electron chi connectivity index (χ1n) is 10.2. The van der Waals surface area contributed by atoms with E-state index < -0.39 is 0 Å². The SMILES string of the molecule is COc1cccc(OC)c1CN1CCCC(c2[nH]ncc2-c2cccc(C)c2)C1. The van der Waals surface area contributed by atoms with Crippen LogP contribution < -0.4 is 9.47 Å². The highest BCUT2D eigenvalue weighted by Crippen LogP contribution is 2.35. The number of aryl methyl sites for hydroxylation is 1. The molecule has 2 aromatic carbocycles. The molecular formula is C24H29N3O2. The lowest BCUT2D eigenvalue weighted by Gasteiger charge is -2.33. The van der Waals surface area contributed by atoms with Gasteiger partial charge >= 0.3 is 0 Å². The Morgan fingerprint density at radius 2 is 1.86 bits per heavy atom. The first-order chi connectivity index (χ1) is 14.2. The minimum absolute atomic E-state index is 0.433. The molecule has 3 aromatic rings. The summed E-state index contributed by atoms with van der Waals surface area (Å²) in [5.41, 5.74) is 6.07. The zero-order valence-electron chi connectivity index (χ0n) is 17.4. The molecule has 1 fully saturated rings. The number of likely N-dealkylation sites (tertiary alicyclic amines) is 1. The first-order valence-corrected chi connectivity index (χ1v) is 10.2. The molecule has 0 spiro atoms. The first kappa shape index (κ1) is 19.5. The number of benzene rings is 2. The summed E-state index contributed by atoms with van der Waals surface area (Å²) in [7, 11) is 3.44. The summed E-state index contributed by atoms with van der Waals surface area (Å²) < 4.78 is 11.2. The minimum Gasteiger partial charge on any atom is -0.496 e. The van der Waals surface area contributed by atoms with Crippen molar-refractivity contribution in [2.24, 2.45) is 0 Å². The van der Waals surface area contributed by atoms with Gasteiger partial charge in [-0.1, -0.05) is 35.9 Å². The zero-order chi connectivity index (χ0) is 20.2. The number of aromatic nitrogens is 2. The van der Waals surface area contributed by atoms with Crippen LogP contribution in [0, 0.1) is 6.92 Å². The second-order valence-electron chi connectivity index (χ2n) is 7.78. The standard InChI is InChI=1S/C24H29N3O2/c1-17-7-4-8-18(13-17)20-14-25-26-24(20)19-9-6-12-27(15-19)16-21-22(28-2)10-5-11-23(21)29-3/h4-5,7-8,10-11,13-14,19H,6,9,12,15-16H2,1-3H3,(H,25,26). The fourth-order valence-electron chi connectivity index (χ4n) is 4.39. The van der Waals surface area contributed by atoms with E-state index in [0.29, 0.717) is 5.92 Å². The van der Waals surface area contributed by atoms with Gasteiger partial charge in [-0.15, -0.1) is 0 Å². The Morgan fingerprint density at radius 1 is 1.10 bits per heavy atom. The van der Waals surface area contributed by atoms with Crippen LogP contribution in [0.1, 0.15) is 35.6 Å². The van der Waals surface area contributed by atoms with Crippen molar-refractivity contribution in [3.63, 3.8) is 0 Å². The molecule has 1 aliphatic rings. The highest BCUT2D eigenvalue weighted by Gasteiger charge is 2.26. The van der Waals surface area contributed by atoms with Crippen molar-refractivity contribution in [1.82, 2.24) is 15.1 Å². The van der Waals surface area contributed by atoms with Crippen LogP contribution in [0.25, 0.3) is 11.1 Å². The Balaban J connectivity index is 1.56. The molecule has 5 heteroatoms. The van der Waals surface area contributed by atoms with Crippen molar-refractivity contribution >= 4 is 0 Å². The third-order valence-electron chi connectivity index (χ3n) is 5.82. The van der Waals surface area contributed by atoms with Gasteiger partial charge < -0.3 is 9.47 Å². The number of nitrogens with one attached hydrogen (secondary N) is 1. The summed E-state index contributed by atoms with van der Waals surface area (Å²) in [5, 5.41) is 7.68. The molecule has 0 radical (unpaired) electrons. The summed E-state index contributed by atoms with van der Waals surface area (Å²) >= 11 is 0. The highest BCUT2D eigenvalue weighted by atomic mass is 16.5. The number of ether oxygens (including phenoxy) is 2. The van der Waals surface area contributed by atoms with Crippen LogP contribution in [-0.4, -0.2) is 42.4 Å². The number of hydrogen-bond acceptors (Lipinski definition) is 4. The fourth-order valence-corrected chi connectivity index (χ4v) is 4.39. The Kier molecular flexibility index (Phi) is 5.86. The van der Waals surface area contributed by atoms with E-state index in [1.54, 1.807) is 14.2 Å². The third kappa shape index (κ3) is 4.15. The van der Waals surface area contributed by atoms with Crippen LogP contribution in [0.15, 0.2) is 48.7 Å². The summed E-state index contributed by atoms with van der Waals surface area (Å²) in [6.07, 6.45) is 4.29. The lowest BCUT2D eigenvalue weighted by Crippen LogP contribution is -2.34. The quantitative estimate of drug-likeness (QED) is 0.657. The van der Waals surface area contributed by atoms with Gasteiger partial charge in [-0.05, 0) is 44.0 Å². The predicted molar refractivity (Wildman–Crippen MR) is 116 cm³/mol. The molecule has 0 saturated carbocycles. The number of H-pyrrole nitrogens is 1. The van der Waals surface area contributed by atoms with E-state index in [2.05, 4.69) is 46.3 Å². The Hall–Kier alpha value is -2.79. The van der Waals surface area contributed by atoms with Crippen LogP contribution in [-0.2, 0) is 6.54 Å². The molecule has 5 nitrogen and oxygen atoms in total. The number of piperidine rings is 1. The smallest absolute Gasteiger partial charge is 0.127 e. The van der Waals surface area contributed by atoms with E-state index >= 15 is 0 Å². The molecule has 0 aliphatic carbocycles. The molecule has 1 atom stereocenters. The van der Waals surface area contributed by atoms with Crippen LogP contribution in [0.5, 0.6) is 11.5 Å². The van der Waals surface area contributed by atoms with Gasteiger partial charge in [0.2, 0.25) is 0 Å². The van der Waals surface area contributed by atoms with Crippen molar-refractivity contribution in [1.29, 1.82) is 0 Å². The molecule has 4 rings (SSSR count). The van der Waals surface area contributed by atoms with Gasteiger partial charge in [-0.3, -0.25) is 10.00 Å². The molecule has 152 valence electrons. The van der Waals surface area contributed by atoms with Crippen LogP contribution in [0.2, 0.25) is 0 Å². The van der Waals surface area contributed by atoms with E-state index in [9.17, 15) is 0 Å². The second kappa shape index (κ2) is 8.70. The molecule has 2 heterocycles. The molecule has 29 heavy (non-hydrogen) atoms. The van der Waals surface area contributed by atoms with E-state index in [-0.39, 0.29) is 0 Å². The molecule has 1 unspecified atom stereocenters. The van der Waals surface area contributed by atoms with Gasteiger partial charge in [0.15, 0.2) is 0 Å². The Bertz CT molecular complexity index is 944. The fraction of sp³-hybridized carbons (Fsp3) is 0.375. The predicted octanol–water partition coefficient (Wildman–Crippen LogP) is 4.78. The van der Waals surface area contributed by atoms with Gasteiger partial charge in [-0.2, -0.15) is 5.10 Å². The highest BCUT2D eigenvalue weighted by molar-refractivity contribution is 5.66. The average Bonchev–Trinajstić information content (AvgIpc) is 3.24. The largest absolute Gasteiger partial charge is 0.496 e. The van der Waals surface area contributed by atoms with E-state index in [4.69, 9.17) is 9.47 Å². The van der Waals surface area contributed by atoms with Crippen molar-refractivity contribution in [2.75, 3.05) is 27.3 Å². The van der Waals surface area contributed by atoms with E-state index in [0.717, 1.165) is 43.1 Å². The maximum absolute atomic E-state index is 5.59. The molecule has 0 amide bonds. The molecule has 1 saturated heterocycles. The minimum atomic E-state index is 0.433. The Morgan fingerprint density at radius 3 is 2.59 bits per heavy atom. The van der Waals surface area contributed by atoms with Crippen molar-refractivity contribution in [3.05, 3.63) is 65.5 Å². The van der Waals surface area contributed by atoms with E-state index in [1.807, 2.05) is 24.4 Å². The molecule has 1 aromatic heterocycles. The van der Waals surface area contributed by atoms with Crippen molar-refractivity contribution < 1.29 is 9.47 Å². The lowest BCUT2D eigenvalue weighted by molar-refractivity contribution is 0.194. The molecule has 0 bridgehead atoms.